The predicted octanol–water partition coefficient (Wildman–Crippen LogP) is 1.96. The van der Waals surface area contributed by atoms with Gasteiger partial charge in [0.25, 0.3) is 0 Å². The first kappa shape index (κ1) is 12.5. The Hall–Kier alpha value is -0.570. The average molecular weight is 213 g/mol. The Morgan fingerprint density at radius 3 is 2.73 bits per heavy atom. The minimum atomic E-state index is -0.143. The molecule has 88 valence electrons. The van der Waals surface area contributed by atoms with Gasteiger partial charge >= 0.3 is 5.97 Å². The molecule has 0 bridgehead atoms. The molecule has 0 spiro atoms. The zero-order chi connectivity index (χ0) is 11.3. The van der Waals surface area contributed by atoms with E-state index in [1.807, 2.05) is 13.8 Å². The molecular weight excluding hydrogens is 190 g/mol. The second kappa shape index (κ2) is 6.11. The normalized spacial score (nSPS) is 25.9. The maximum Gasteiger partial charge on any atom is 0.320 e. The molecule has 2 unspecified atom stereocenters. The van der Waals surface area contributed by atoms with Gasteiger partial charge in [0, 0.05) is 0 Å². The second-order valence-electron chi connectivity index (χ2n) is 4.84. The number of nitrogens with one attached hydrogen (secondary N) is 1. The molecule has 0 aliphatic heterocycles. The molecule has 1 fully saturated rings. The van der Waals surface area contributed by atoms with Gasteiger partial charge in [0.05, 0.1) is 12.6 Å². The highest BCUT2D eigenvalue weighted by molar-refractivity contribution is 5.71. The van der Waals surface area contributed by atoms with Crippen LogP contribution >= 0.6 is 0 Å². The van der Waals surface area contributed by atoms with Crippen molar-refractivity contribution in [3.63, 3.8) is 0 Å². The lowest BCUT2D eigenvalue weighted by Crippen LogP contribution is -2.31. The first-order chi connectivity index (χ1) is 7.09. The van der Waals surface area contributed by atoms with Crippen molar-refractivity contribution in [3.05, 3.63) is 0 Å². The summed E-state index contributed by atoms with van der Waals surface area (Å²) in [6.07, 6.45) is 3.96. The zero-order valence-electron chi connectivity index (χ0n) is 10.1. The number of carbonyl (C=O) groups excluding carboxylic acids is 1. The van der Waals surface area contributed by atoms with E-state index in [1.54, 1.807) is 0 Å². The molecule has 0 saturated heterocycles. The highest BCUT2D eigenvalue weighted by Gasteiger charge is 2.22. The monoisotopic (exact) mass is 213 g/mol. The predicted molar refractivity (Wildman–Crippen MR) is 60.6 cm³/mol. The van der Waals surface area contributed by atoms with E-state index in [9.17, 15) is 4.79 Å². The number of esters is 1. The lowest BCUT2D eigenvalue weighted by molar-refractivity contribution is -0.146. The first-order valence-corrected chi connectivity index (χ1v) is 5.99. The highest BCUT2D eigenvalue weighted by atomic mass is 16.5. The SMILES string of the molecule is CC(C)OC(=O)CNCC1CCCC1C. The van der Waals surface area contributed by atoms with Gasteiger partial charge in [-0.05, 0) is 38.6 Å². The van der Waals surface area contributed by atoms with Crippen LogP contribution in [0.1, 0.15) is 40.0 Å². The number of ether oxygens (including phenoxy) is 1. The van der Waals surface area contributed by atoms with Crippen molar-refractivity contribution in [1.82, 2.24) is 5.32 Å². The van der Waals surface area contributed by atoms with E-state index in [1.165, 1.54) is 19.3 Å². The van der Waals surface area contributed by atoms with Crippen molar-refractivity contribution in [1.29, 1.82) is 0 Å². The molecule has 0 aromatic carbocycles. The number of hydrogen-bond acceptors (Lipinski definition) is 3. The van der Waals surface area contributed by atoms with Crippen LogP contribution in [0.4, 0.5) is 0 Å². The van der Waals surface area contributed by atoms with Crippen LogP contribution < -0.4 is 5.32 Å². The molecule has 1 rings (SSSR count). The first-order valence-electron chi connectivity index (χ1n) is 5.99. The van der Waals surface area contributed by atoms with E-state index in [2.05, 4.69) is 12.2 Å². The van der Waals surface area contributed by atoms with Crippen LogP contribution in [0.2, 0.25) is 0 Å². The molecule has 1 aliphatic rings. The molecule has 1 saturated carbocycles. The van der Waals surface area contributed by atoms with Crippen molar-refractivity contribution >= 4 is 5.97 Å². The summed E-state index contributed by atoms with van der Waals surface area (Å²) in [7, 11) is 0. The van der Waals surface area contributed by atoms with Crippen molar-refractivity contribution in [2.75, 3.05) is 13.1 Å². The Morgan fingerprint density at radius 2 is 2.20 bits per heavy atom. The van der Waals surface area contributed by atoms with E-state index in [0.29, 0.717) is 6.54 Å². The molecule has 3 heteroatoms. The van der Waals surface area contributed by atoms with Gasteiger partial charge in [-0.3, -0.25) is 4.79 Å². The number of carbonyl (C=O) groups is 1. The fourth-order valence-corrected chi connectivity index (χ4v) is 2.19. The molecule has 2 atom stereocenters. The Morgan fingerprint density at radius 1 is 1.47 bits per heavy atom. The Labute approximate surface area is 92.6 Å². The van der Waals surface area contributed by atoms with Crippen molar-refractivity contribution in [3.8, 4) is 0 Å². The van der Waals surface area contributed by atoms with Gasteiger partial charge in [0.2, 0.25) is 0 Å². The van der Waals surface area contributed by atoms with Crippen LogP contribution in [-0.4, -0.2) is 25.2 Å². The van der Waals surface area contributed by atoms with E-state index < -0.39 is 0 Å². The molecule has 15 heavy (non-hydrogen) atoms. The van der Waals surface area contributed by atoms with Gasteiger partial charge in [0.1, 0.15) is 0 Å². The van der Waals surface area contributed by atoms with Gasteiger partial charge in [0.15, 0.2) is 0 Å². The van der Waals surface area contributed by atoms with E-state index >= 15 is 0 Å². The molecule has 0 amide bonds. The molecule has 1 aliphatic carbocycles. The lowest BCUT2D eigenvalue weighted by Gasteiger charge is -2.16. The summed E-state index contributed by atoms with van der Waals surface area (Å²) in [5.74, 6) is 1.41. The molecule has 0 radical (unpaired) electrons. The van der Waals surface area contributed by atoms with Gasteiger partial charge in [-0.25, -0.2) is 0 Å². The maximum atomic E-state index is 11.2. The molecule has 3 nitrogen and oxygen atoms in total. The molecular formula is C12H23NO2. The van der Waals surface area contributed by atoms with Crippen LogP contribution in [0.5, 0.6) is 0 Å². The van der Waals surface area contributed by atoms with Crippen LogP contribution in [0, 0.1) is 11.8 Å². The van der Waals surface area contributed by atoms with Crippen molar-refractivity contribution < 1.29 is 9.53 Å². The van der Waals surface area contributed by atoms with Crippen LogP contribution in [0.15, 0.2) is 0 Å². The van der Waals surface area contributed by atoms with Crippen LogP contribution in [-0.2, 0) is 9.53 Å². The summed E-state index contributed by atoms with van der Waals surface area (Å²) < 4.78 is 5.04. The van der Waals surface area contributed by atoms with E-state index in [4.69, 9.17) is 4.74 Å². The standard InChI is InChI=1S/C12H23NO2/c1-9(2)15-12(14)8-13-7-11-6-4-5-10(11)3/h9-11,13H,4-8H2,1-3H3. The number of rotatable bonds is 5. The topological polar surface area (TPSA) is 38.3 Å². The van der Waals surface area contributed by atoms with Crippen molar-refractivity contribution in [2.45, 2.75) is 46.1 Å². The quantitative estimate of drug-likeness (QED) is 0.709. The largest absolute Gasteiger partial charge is 0.462 e. The van der Waals surface area contributed by atoms with Gasteiger partial charge in [-0.15, -0.1) is 0 Å². The molecule has 1 N–H and O–H groups in total. The Balaban J connectivity index is 2.08. The third kappa shape index (κ3) is 4.65. The van der Waals surface area contributed by atoms with Crippen LogP contribution in [0.3, 0.4) is 0 Å². The van der Waals surface area contributed by atoms with E-state index in [0.717, 1.165) is 18.4 Å². The van der Waals surface area contributed by atoms with Crippen LogP contribution in [0.25, 0.3) is 0 Å². The smallest absolute Gasteiger partial charge is 0.320 e. The average Bonchev–Trinajstić information content (AvgIpc) is 2.50. The number of hydrogen-bond donors (Lipinski definition) is 1. The minimum Gasteiger partial charge on any atom is -0.462 e. The summed E-state index contributed by atoms with van der Waals surface area (Å²) in [6, 6.07) is 0. The summed E-state index contributed by atoms with van der Waals surface area (Å²) in [5, 5.41) is 3.19. The Kier molecular flexibility index (Phi) is 5.09. The fraction of sp³-hybridized carbons (Fsp3) is 0.917. The summed E-state index contributed by atoms with van der Waals surface area (Å²) in [6.45, 7) is 7.34. The molecule has 0 aromatic heterocycles. The minimum absolute atomic E-state index is 0.00953. The maximum absolute atomic E-state index is 11.2. The molecule has 0 heterocycles. The summed E-state index contributed by atoms with van der Waals surface area (Å²) in [5.41, 5.74) is 0. The van der Waals surface area contributed by atoms with Gasteiger partial charge in [-0.1, -0.05) is 19.8 Å². The summed E-state index contributed by atoms with van der Waals surface area (Å²) in [4.78, 5) is 11.2. The second-order valence-corrected chi connectivity index (χ2v) is 4.84. The van der Waals surface area contributed by atoms with Gasteiger partial charge in [-0.2, -0.15) is 0 Å². The molecule has 0 aromatic rings. The fourth-order valence-electron chi connectivity index (χ4n) is 2.19. The third-order valence-corrected chi connectivity index (χ3v) is 3.08. The highest BCUT2D eigenvalue weighted by Crippen LogP contribution is 2.30. The summed E-state index contributed by atoms with van der Waals surface area (Å²) >= 11 is 0. The van der Waals surface area contributed by atoms with Crippen molar-refractivity contribution in [2.24, 2.45) is 11.8 Å². The van der Waals surface area contributed by atoms with Gasteiger partial charge < -0.3 is 10.1 Å². The zero-order valence-corrected chi connectivity index (χ0v) is 10.1. The third-order valence-electron chi connectivity index (χ3n) is 3.08. The van der Waals surface area contributed by atoms with E-state index in [-0.39, 0.29) is 12.1 Å². The Bertz CT molecular complexity index is 204. The lowest BCUT2D eigenvalue weighted by atomic mass is 9.98.